The number of phenols is 1. The number of hydrogen-bond donors (Lipinski definition) is 1. The summed E-state index contributed by atoms with van der Waals surface area (Å²) < 4.78 is 12.9. The maximum atomic E-state index is 12.9. The first-order chi connectivity index (χ1) is 8.01. The van der Waals surface area contributed by atoms with Gasteiger partial charge in [-0.05, 0) is 23.8 Å². The lowest BCUT2D eigenvalue weighted by atomic mass is 9.78. The smallest absolute Gasteiger partial charge is 0.123 e. The molecule has 0 bridgehead atoms. The van der Waals surface area contributed by atoms with Crippen LogP contribution in [0, 0.1) is 5.82 Å². The van der Waals surface area contributed by atoms with Gasteiger partial charge in [-0.3, -0.25) is 0 Å². The van der Waals surface area contributed by atoms with Gasteiger partial charge in [0.2, 0.25) is 0 Å². The Morgan fingerprint density at radius 2 is 1.53 bits per heavy atom. The minimum absolute atomic E-state index is 0.248. The number of phenolic OH excluding ortho intramolecular Hbond substituents is 1. The Bertz CT molecular complexity index is 515. The van der Waals surface area contributed by atoms with Crippen molar-refractivity contribution < 1.29 is 9.50 Å². The molecule has 0 atom stereocenters. The van der Waals surface area contributed by atoms with Crippen molar-refractivity contribution in [2.45, 2.75) is 19.3 Å². The van der Waals surface area contributed by atoms with Crippen LogP contribution in [0.3, 0.4) is 0 Å². The zero-order valence-corrected chi connectivity index (χ0v) is 9.94. The molecular formula is C15H15FO. The molecule has 0 aliphatic rings. The molecule has 17 heavy (non-hydrogen) atoms. The lowest BCUT2D eigenvalue weighted by Gasteiger charge is -2.26. The highest BCUT2D eigenvalue weighted by Gasteiger charge is 2.25. The molecule has 0 saturated carbocycles. The standard InChI is InChI=1S/C15H15FO/c1-15(2,11-7-9-12(16)10-8-11)13-5-3-4-6-14(13)17/h3-10,17H,1-2H3. The van der Waals surface area contributed by atoms with Gasteiger partial charge in [-0.15, -0.1) is 0 Å². The molecule has 0 saturated heterocycles. The number of benzene rings is 2. The molecule has 0 aliphatic heterocycles. The molecule has 0 spiro atoms. The summed E-state index contributed by atoms with van der Waals surface area (Å²) in [6, 6.07) is 13.6. The summed E-state index contributed by atoms with van der Waals surface area (Å²) in [6.45, 7) is 4.02. The minimum atomic E-state index is -0.348. The monoisotopic (exact) mass is 230 g/mol. The van der Waals surface area contributed by atoms with Crippen LogP contribution in [0.4, 0.5) is 4.39 Å². The van der Waals surface area contributed by atoms with Crippen LogP contribution in [0.15, 0.2) is 48.5 Å². The Morgan fingerprint density at radius 3 is 2.12 bits per heavy atom. The lowest BCUT2D eigenvalue weighted by Crippen LogP contribution is -2.18. The Morgan fingerprint density at radius 1 is 0.941 bits per heavy atom. The highest BCUT2D eigenvalue weighted by atomic mass is 19.1. The summed E-state index contributed by atoms with van der Waals surface area (Å²) in [5, 5.41) is 9.89. The molecule has 0 radical (unpaired) electrons. The van der Waals surface area contributed by atoms with E-state index in [-0.39, 0.29) is 17.0 Å². The Balaban J connectivity index is 2.49. The first-order valence-corrected chi connectivity index (χ1v) is 5.56. The molecule has 2 heteroatoms. The van der Waals surface area contributed by atoms with Gasteiger partial charge in [-0.25, -0.2) is 4.39 Å². The molecule has 88 valence electrons. The van der Waals surface area contributed by atoms with Gasteiger partial charge >= 0.3 is 0 Å². The SMILES string of the molecule is CC(C)(c1ccc(F)cc1)c1ccccc1O. The highest BCUT2D eigenvalue weighted by molar-refractivity contribution is 5.44. The molecule has 2 aromatic rings. The highest BCUT2D eigenvalue weighted by Crippen LogP contribution is 2.36. The van der Waals surface area contributed by atoms with E-state index in [2.05, 4.69) is 0 Å². The number of aromatic hydroxyl groups is 1. The fourth-order valence-electron chi connectivity index (χ4n) is 2.02. The van der Waals surface area contributed by atoms with Gasteiger partial charge in [0, 0.05) is 11.0 Å². The second-order valence-electron chi connectivity index (χ2n) is 4.65. The third-order valence-corrected chi connectivity index (χ3v) is 3.14. The first-order valence-electron chi connectivity index (χ1n) is 5.56. The van der Waals surface area contributed by atoms with E-state index in [4.69, 9.17) is 0 Å². The van der Waals surface area contributed by atoms with Crippen molar-refractivity contribution in [1.82, 2.24) is 0 Å². The summed E-state index contributed by atoms with van der Waals surface area (Å²) in [4.78, 5) is 0. The van der Waals surface area contributed by atoms with Crippen molar-refractivity contribution in [2.75, 3.05) is 0 Å². The number of halogens is 1. The molecule has 1 nitrogen and oxygen atoms in total. The summed E-state index contributed by atoms with van der Waals surface area (Å²) >= 11 is 0. The van der Waals surface area contributed by atoms with E-state index >= 15 is 0 Å². The molecular weight excluding hydrogens is 215 g/mol. The summed E-state index contributed by atoms with van der Waals surface area (Å²) in [5.41, 5.74) is 1.46. The first kappa shape index (κ1) is 11.6. The van der Waals surface area contributed by atoms with E-state index in [9.17, 15) is 9.50 Å². The summed E-state index contributed by atoms with van der Waals surface area (Å²) in [6.07, 6.45) is 0. The normalized spacial score (nSPS) is 11.5. The van der Waals surface area contributed by atoms with Crippen molar-refractivity contribution in [2.24, 2.45) is 0 Å². The Hall–Kier alpha value is -1.83. The van der Waals surface area contributed by atoms with Crippen LogP contribution in [0.25, 0.3) is 0 Å². The molecule has 0 aromatic heterocycles. The van der Waals surface area contributed by atoms with Crippen LogP contribution in [-0.2, 0) is 5.41 Å². The van der Waals surface area contributed by atoms with Crippen molar-refractivity contribution in [3.05, 3.63) is 65.5 Å². The fourth-order valence-corrected chi connectivity index (χ4v) is 2.02. The van der Waals surface area contributed by atoms with Gasteiger partial charge < -0.3 is 5.11 Å². The van der Waals surface area contributed by atoms with Crippen LogP contribution in [0.1, 0.15) is 25.0 Å². The van der Waals surface area contributed by atoms with Crippen LogP contribution < -0.4 is 0 Å². The molecule has 2 aromatic carbocycles. The quantitative estimate of drug-likeness (QED) is 0.830. The van der Waals surface area contributed by atoms with Crippen molar-refractivity contribution in [3.63, 3.8) is 0 Å². The third kappa shape index (κ3) is 2.16. The Labute approximate surface area is 101 Å². The molecule has 2 rings (SSSR count). The van der Waals surface area contributed by atoms with Crippen molar-refractivity contribution >= 4 is 0 Å². The second-order valence-corrected chi connectivity index (χ2v) is 4.65. The predicted octanol–water partition coefficient (Wildman–Crippen LogP) is 3.86. The van der Waals surface area contributed by atoms with E-state index in [0.717, 1.165) is 11.1 Å². The van der Waals surface area contributed by atoms with Crippen molar-refractivity contribution in [3.8, 4) is 5.75 Å². The number of rotatable bonds is 2. The molecule has 1 N–H and O–H groups in total. The van der Waals surface area contributed by atoms with E-state index in [1.54, 1.807) is 24.3 Å². The summed E-state index contributed by atoms with van der Waals surface area (Å²) in [7, 11) is 0. The third-order valence-electron chi connectivity index (χ3n) is 3.14. The van der Waals surface area contributed by atoms with E-state index < -0.39 is 0 Å². The van der Waals surface area contributed by atoms with Crippen LogP contribution in [-0.4, -0.2) is 5.11 Å². The maximum absolute atomic E-state index is 12.9. The van der Waals surface area contributed by atoms with Crippen LogP contribution in [0.2, 0.25) is 0 Å². The zero-order chi connectivity index (χ0) is 12.5. The van der Waals surface area contributed by atoms with E-state index in [0.29, 0.717) is 0 Å². The summed E-state index contributed by atoms with van der Waals surface area (Å²) in [5.74, 6) is 0.0173. The average molecular weight is 230 g/mol. The van der Waals surface area contributed by atoms with Gasteiger partial charge in [0.25, 0.3) is 0 Å². The number of para-hydroxylation sites is 1. The molecule has 0 unspecified atom stereocenters. The molecule has 0 fully saturated rings. The van der Waals surface area contributed by atoms with Crippen molar-refractivity contribution in [1.29, 1.82) is 0 Å². The van der Waals surface area contributed by atoms with Gasteiger partial charge in [0.1, 0.15) is 11.6 Å². The maximum Gasteiger partial charge on any atom is 0.123 e. The van der Waals surface area contributed by atoms with Gasteiger partial charge in [0.15, 0.2) is 0 Å². The predicted molar refractivity (Wildman–Crippen MR) is 66.6 cm³/mol. The molecule has 0 heterocycles. The van der Waals surface area contributed by atoms with E-state index in [1.807, 2.05) is 26.0 Å². The Kier molecular flexibility index (Phi) is 2.88. The molecule has 0 amide bonds. The van der Waals surface area contributed by atoms with Gasteiger partial charge in [-0.1, -0.05) is 44.2 Å². The average Bonchev–Trinajstić information content (AvgIpc) is 2.30. The second kappa shape index (κ2) is 4.21. The van der Waals surface area contributed by atoms with Crippen LogP contribution >= 0.6 is 0 Å². The lowest BCUT2D eigenvalue weighted by molar-refractivity contribution is 0.453. The van der Waals surface area contributed by atoms with Gasteiger partial charge in [0.05, 0.1) is 0 Å². The number of hydrogen-bond acceptors (Lipinski definition) is 1. The zero-order valence-electron chi connectivity index (χ0n) is 9.94. The largest absolute Gasteiger partial charge is 0.508 e. The molecule has 0 aliphatic carbocycles. The topological polar surface area (TPSA) is 20.2 Å². The van der Waals surface area contributed by atoms with Crippen LogP contribution in [0.5, 0.6) is 5.75 Å². The minimum Gasteiger partial charge on any atom is -0.508 e. The van der Waals surface area contributed by atoms with Gasteiger partial charge in [-0.2, -0.15) is 0 Å². The fraction of sp³-hybridized carbons (Fsp3) is 0.200. The van der Waals surface area contributed by atoms with E-state index in [1.165, 1.54) is 12.1 Å².